The van der Waals surface area contributed by atoms with Crippen molar-refractivity contribution < 1.29 is 0 Å². The SMILES string of the molecule is CC1(c2ccccc2)CC[N]CC1. The van der Waals surface area contributed by atoms with Gasteiger partial charge in [-0.2, -0.15) is 0 Å². The van der Waals surface area contributed by atoms with E-state index in [1.54, 1.807) is 0 Å². The van der Waals surface area contributed by atoms with Gasteiger partial charge in [-0.05, 0) is 23.8 Å². The predicted octanol–water partition coefficient (Wildman–Crippen LogP) is 2.34. The Morgan fingerprint density at radius 1 is 1.08 bits per heavy atom. The molecule has 0 atom stereocenters. The van der Waals surface area contributed by atoms with Gasteiger partial charge in [0.15, 0.2) is 0 Å². The van der Waals surface area contributed by atoms with Crippen LogP contribution in [0.15, 0.2) is 30.3 Å². The molecule has 0 aromatic heterocycles. The smallest absolute Gasteiger partial charge is 0.0141 e. The molecule has 0 N–H and O–H groups in total. The molecule has 0 spiro atoms. The van der Waals surface area contributed by atoms with Crippen LogP contribution in [0.25, 0.3) is 0 Å². The summed E-state index contributed by atoms with van der Waals surface area (Å²) < 4.78 is 0. The van der Waals surface area contributed by atoms with Crippen LogP contribution in [0.2, 0.25) is 0 Å². The number of nitrogens with zero attached hydrogens (tertiary/aromatic N) is 1. The zero-order valence-corrected chi connectivity index (χ0v) is 8.16. The van der Waals surface area contributed by atoms with E-state index in [2.05, 4.69) is 42.6 Å². The van der Waals surface area contributed by atoms with Gasteiger partial charge in [0.2, 0.25) is 0 Å². The Morgan fingerprint density at radius 3 is 2.31 bits per heavy atom. The molecule has 69 valence electrons. The first-order valence-corrected chi connectivity index (χ1v) is 5.00. The number of hydrogen-bond donors (Lipinski definition) is 0. The Hall–Kier alpha value is -0.820. The monoisotopic (exact) mass is 174 g/mol. The summed E-state index contributed by atoms with van der Waals surface area (Å²) in [6, 6.07) is 10.8. The van der Waals surface area contributed by atoms with E-state index in [0.29, 0.717) is 5.41 Å². The highest BCUT2D eigenvalue weighted by atomic mass is 14.9. The van der Waals surface area contributed by atoms with Gasteiger partial charge >= 0.3 is 0 Å². The second kappa shape index (κ2) is 3.51. The highest BCUT2D eigenvalue weighted by molar-refractivity contribution is 5.24. The summed E-state index contributed by atoms with van der Waals surface area (Å²) in [6.07, 6.45) is 2.41. The van der Waals surface area contributed by atoms with Crippen LogP contribution in [0, 0.1) is 0 Å². The van der Waals surface area contributed by atoms with Crippen LogP contribution in [0.4, 0.5) is 0 Å². The maximum atomic E-state index is 4.40. The van der Waals surface area contributed by atoms with Crippen molar-refractivity contribution in [1.29, 1.82) is 0 Å². The fraction of sp³-hybridized carbons (Fsp3) is 0.500. The van der Waals surface area contributed by atoms with Crippen molar-refractivity contribution in [1.82, 2.24) is 5.32 Å². The minimum atomic E-state index is 0.378. The van der Waals surface area contributed by atoms with Crippen molar-refractivity contribution in [2.24, 2.45) is 0 Å². The van der Waals surface area contributed by atoms with Gasteiger partial charge < -0.3 is 0 Å². The number of hydrogen-bond acceptors (Lipinski definition) is 0. The molecule has 0 aliphatic carbocycles. The third-order valence-electron chi connectivity index (χ3n) is 3.11. The van der Waals surface area contributed by atoms with E-state index in [9.17, 15) is 0 Å². The van der Waals surface area contributed by atoms with Crippen LogP contribution in [0.1, 0.15) is 25.3 Å². The Bertz CT molecular complexity index is 260. The molecule has 13 heavy (non-hydrogen) atoms. The molecule has 1 aromatic carbocycles. The maximum absolute atomic E-state index is 4.40. The maximum Gasteiger partial charge on any atom is 0.0141 e. The average Bonchev–Trinajstić information content (AvgIpc) is 2.20. The zero-order chi connectivity index (χ0) is 9.15. The fourth-order valence-corrected chi connectivity index (χ4v) is 2.02. The normalized spacial score (nSPS) is 21.3. The van der Waals surface area contributed by atoms with Crippen LogP contribution >= 0.6 is 0 Å². The topological polar surface area (TPSA) is 14.1 Å². The molecule has 1 fully saturated rings. The Labute approximate surface area is 80.2 Å². The molecule has 1 radical (unpaired) electrons. The van der Waals surface area contributed by atoms with Gasteiger partial charge in [-0.3, -0.25) is 0 Å². The Morgan fingerprint density at radius 2 is 1.69 bits per heavy atom. The van der Waals surface area contributed by atoms with Crippen molar-refractivity contribution in [2.45, 2.75) is 25.2 Å². The first-order chi connectivity index (χ1) is 6.31. The van der Waals surface area contributed by atoms with E-state index in [4.69, 9.17) is 0 Å². The molecule has 1 nitrogen and oxygen atoms in total. The van der Waals surface area contributed by atoms with Gasteiger partial charge in [0, 0.05) is 13.1 Å². The second-order valence-electron chi connectivity index (χ2n) is 4.10. The molecule has 0 saturated carbocycles. The fourth-order valence-electron chi connectivity index (χ4n) is 2.02. The molecule has 0 unspecified atom stereocenters. The Balaban J connectivity index is 2.23. The third kappa shape index (κ3) is 1.75. The molecule has 0 bridgehead atoms. The lowest BCUT2D eigenvalue weighted by Crippen LogP contribution is -2.34. The van der Waals surface area contributed by atoms with Crippen LogP contribution in [0.5, 0.6) is 0 Å². The average molecular weight is 174 g/mol. The van der Waals surface area contributed by atoms with E-state index < -0.39 is 0 Å². The summed E-state index contributed by atoms with van der Waals surface area (Å²) in [7, 11) is 0. The quantitative estimate of drug-likeness (QED) is 0.620. The van der Waals surface area contributed by atoms with Crippen molar-refractivity contribution >= 4 is 0 Å². The molecular formula is C12H16N. The summed E-state index contributed by atoms with van der Waals surface area (Å²) in [4.78, 5) is 0. The Kier molecular flexibility index (Phi) is 2.36. The minimum absolute atomic E-state index is 0.378. The van der Waals surface area contributed by atoms with Crippen molar-refractivity contribution in [2.75, 3.05) is 13.1 Å². The van der Waals surface area contributed by atoms with E-state index in [1.165, 1.54) is 18.4 Å². The molecule has 1 aromatic rings. The molecule has 1 aliphatic heterocycles. The van der Waals surface area contributed by atoms with E-state index >= 15 is 0 Å². The number of benzene rings is 1. The molecule has 1 saturated heterocycles. The van der Waals surface area contributed by atoms with E-state index in [0.717, 1.165) is 13.1 Å². The molecule has 0 amide bonds. The largest absolute Gasteiger partial charge is 0.242 e. The lowest BCUT2D eigenvalue weighted by atomic mass is 9.75. The van der Waals surface area contributed by atoms with E-state index in [-0.39, 0.29) is 0 Å². The highest BCUT2D eigenvalue weighted by Gasteiger charge is 2.28. The first-order valence-electron chi connectivity index (χ1n) is 5.00. The van der Waals surface area contributed by atoms with Crippen molar-refractivity contribution in [3.05, 3.63) is 35.9 Å². The van der Waals surface area contributed by atoms with Gasteiger partial charge in [0.05, 0.1) is 0 Å². The summed E-state index contributed by atoms with van der Waals surface area (Å²) in [5.41, 5.74) is 1.85. The molecule has 2 rings (SSSR count). The van der Waals surface area contributed by atoms with Crippen LogP contribution in [-0.2, 0) is 5.41 Å². The third-order valence-corrected chi connectivity index (χ3v) is 3.11. The second-order valence-corrected chi connectivity index (χ2v) is 4.10. The van der Waals surface area contributed by atoms with Gasteiger partial charge in [-0.25, -0.2) is 5.32 Å². The van der Waals surface area contributed by atoms with Crippen LogP contribution in [0.3, 0.4) is 0 Å². The molecule has 1 heteroatoms. The predicted molar refractivity (Wildman–Crippen MR) is 54.9 cm³/mol. The summed E-state index contributed by atoms with van der Waals surface area (Å²) in [5.74, 6) is 0. The lowest BCUT2D eigenvalue weighted by Gasteiger charge is -2.33. The van der Waals surface area contributed by atoms with E-state index in [1.807, 2.05) is 0 Å². The standard InChI is InChI=1S/C12H16N/c1-12(7-9-13-10-8-12)11-5-3-2-4-6-11/h2-6H,7-10H2,1H3. The van der Waals surface area contributed by atoms with Crippen LogP contribution < -0.4 is 5.32 Å². The van der Waals surface area contributed by atoms with Gasteiger partial charge in [-0.1, -0.05) is 37.3 Å². The summed E-state index contributed by atoms with van der Waals surface area (Å²) in [5, 5.41) is 4.40. The number of piperidine rings is 1. The lowest BCUT2D eigenvalue weighted by molar-refractivity contribution is 0.331. The van der Waals surface area contributed by atoms with Gasteiger partial charge in [0.1, 0.15) is 0 Å². The number of rotatable bonds is 1. The van der Waals surface area contributed by atoms with Crippen LogP contribution in [-0.4, -0.2) is 13.1 Å². The van der Waals surface area contributed by atoms with Crippen molar-refractivity contribution in [3.63, 3.8) is 0 Å². The summed E-state index contributed by atoms with van der Waals surface area (Å²) in [6.45, 7) is 4.42. The molecular weight excluding hydrogens is 158 g/mol. The van der Waals surface area contributed by atoms with Crippen molar-refractivity contribution in [3.8, 4) is 0 Å². The zero-order valence-electron chi connectivity index (χ0n) is 8.16. The molecule has 1 heterocycles. The first kappa shape index (κ1) is 8.76. The molecule has 1 aliphatic rings. The van der Waals surface area contributed by atoms with Gasteiger partial charge in [0.25, 0.3) is 0 Å². The highest BCUT2D eigenvalue weighted by Crippen LogP contribution is 2.32. The summed E-state index contributed by atoms with van der Waals surface area (Å²) >= 11 is 0. The van der Waals surface area contributed by atoms with Gasteiger partial charge in [-0.15, -0.1) is 0 Å². The minimum Gasteiger partial charge on any atom is -0.242 e.